The van der Waals surface area contributed by atoms with Crippen molar-refractivity contribution in [2.45, 2.75) is 32.2 Å². The van der Waals surface area contributed by atoms with Gasteiger partial charge in [0.1, 0.15) is 0 Å². The normalized spacial score (nSPS) is 13.7. The van der Waals surface area contributed by atoms with Gasteiger partial charge in [-0.05, 0) is 36.3 Å². The van der Waals surface area contributed by atoms with Crippen molar-refractivity contribution in [2.24, 2.45) is 0 Å². The number of pyridine rings is 1. The molecule has 0 N–H and O–H groups in total. The average molecular weight is 563 g/mol. The minimum Gasteiger partial charge on any atom is -1.00 e. The summed E-state index contributed by atoms with van der Waals surface area (Å²) in [4.78, 5) is 3.75. The lowest BCUT2D eigenvalue weighted by Gasteiger charge is -2.21. The van der Waals surface area contributed by atoms with Crippen LogP contribution < -0.4 is 33.4 Å². The lowest BCUT2D eigenvalue weighted by molar-refractivity contribution is -0.609. The Hall–Kier alpha value is -2.57. The molecular formula is C29H27IN2S. The summed E-state index contributed by atoms with van der Waals surface area (Å²) in [5.41, 5.74) is 8.78. The summed E-state index contributed by atoms with van der Waals surface area (Å²) in [5.74, 6) is 0. The maximum atomic E-state index is 2.43. The molecule has 33 heavy (non-hydrogen) atoms. The summed E-state index contributed by atoms with van der Waals surface area (Å²) in [7, 11) is 0. The molecule has 0 unspecified atom stereocenters. The van der Waals surface area contributed by atoms with E-state index in [0.29, 0.717) is 0 Å². The summed E-state index contributed by atoms with van der Waals surface area (Å²) >= 11 is 1.85. The van der Waals surface area contributed by atoms with Gasteiger partial charge in [0.15, 0.2) is 11.4 Å². The minimum absolute atomic E-state index is 0. The van der Waals surface area contributed by atoms with Crippen molar-refractivity contribution in [3.05, 3.63) is 124 Å². The van der Waals surface area contributed by atoms with Crippen LogP contribution in [0.15, 0.2) is 101 Å². The van der Waals surface area contributed by atoms with Gasteiger partial charge in [-0.1, -0.05) is 71.9 Å². The fourth-order valence-corrected chi connectivity index (χ4v) is 5.47. The molecule has 0 saturated carbocycles. The van der Waals surface area contributed by atoms with E-state index < -0.39 is 0 Å². The van der Waals surface area contributed by atoms with Gasteiger partial charge in [0.05, 0.1) is 10.7 Å². The highest BCUT2D eigenvalue weighted by atomic mass is 127. The number of aryl methyl sites for hydroxylation is 3. The van der Waals surface area contributed by atoms with Crippen molar-refractivity contribution < 1.29 is 28.5 Å². The number of para-hydroxylation sites is 1. The van der Waals surface area contributed by atoms with E-state index in [2.05, 4.69) is 127 Å². The third-order valence-corrected chi connectivity index (χ3v) is 6.97. The second-order valence-corrected chi connectivity index (χ2v) is 9.43. The van der Waals surface area contributed by atoms with E-state index in [0.717, 1.165) is 6.54 Å². The van der Waals surface area contributed by atoms with Crippen LogP contribution in [0.4, 0.5) is 5.69 Å². The van der Waals surface area contributed by atoms with Crippen molar-refractivity contribution in [3.8, 4) is 5.69 Å². The van der Waals surface area contributed by atoms with Gasteiger partial charge in [-0.25, -0.2) is 0 Å². The van der Waals surface area contributed by atoms with Crippen molar-refractivity contribution in [3.63, 3.8) is 0 Å². The van der Waals surface area contributed by atoms with Gasteiger partial charge < -0.3 is 28.9 Å². The molecular weight excluding hydrogens is 535 g/mol. The molecule has 0 aliphatic carbocycles. The number of rotatable bonds is 4. The van der Waals surface area contributed by atoms with Crippen LogP contribution in [0.2, 0.25) is 0 Å². The van der Waals surface area contributed by atoms with Crippen molar-refractivity contribution in [1.82, 2.24) is 0 Å². The first kappa shape index (κ1) is 23.6. The van der Waals surface area contributed by atoms with Gasteiger partial charge in [0.25, 0.3) is 0 Å². The monoisotopic (exact) mass is 562 g/mol. The summed E-state index contributed by atoms with van der Waals surface area (Å²) in [6.45, 7) is 7.37. The fraction of sp³-hybridized carbons (Fsp3) is 0.138. The summed E-state index contributed by atoms with van der Waals surface area (Å²) < 4.78 is 2.32. The highest BCUT2D eigenvalue weighted by Crippen LogP contribution is 2.47. The Morgan fingerprint density at radius 1 is 0.788 bits per heavy atom. The second kappa shape index (κ2) is 10.1. The van der Waals surface area contributed by atoms with E-state index >= 15 is 0 Å². The summed E-state index contributed by atoms with van der Waals surface area (Å²) in [6, 6.07) is 32.7. The van der Waals surface area contributed by atoms with Gasteiger partial charge in [-0.2, -0.15) is 4.57 Å². The fourth-order valence-electron chi connectivity index (χ4n) is 4.35. The lowest BCUT2D eigenvalue weighted by atomic mass is 10.1. The Bertz CT molecular complexity index is 1270. The number of aromatic nitrogens is 1. The molecule has 166 valence electrons. The van der Waals surface area contributed by atoms with Crippen molar-refractivity contribution in [2.75, 3.05) is 4.90 Å². The van der Waals surface area contributed by atoms with Crippen LogP contribution in [0.1, 0.15) is 28.1 Å². The maximum Gasteiger partial charge on any atom is 0.211 e. The summed E-state index contributed by atoms with van der Waals surface area (Å²) in [6.07, 6.45) is 2.33. The minimum atomic E-state index is 0. The molecule has 0 spiro atoms. The van der Waals surface area contributed by atoms with Crippen LogP contribution in [0.25, 0.3) is 11.8 Å². The van der Waals surface area contributed by atoms with Crippen LogP contribution in [-0.2, 0) is 6.54 Å². The van der Waals surface area contributed by atoms with Crippen LogP contribution in [0.5, 0.6) is 0 Å². The molecule has 4 heteroatoms. The molecule has 0 fully saturated rings. The maximum absolute atomic E-state index is 2.43. The van der Waals surface area contributed by atoms with E-state index in [9.17, 15) is 0 Å². The number of nitrogens with zero attached hydrogens (tertiary/aromatic N) is 2. The summed E-state index contributed by atoms with van der Waals surface area (Å²) in [5, 5.41) is 1.27. The Kier molecular flexibility index (Phi) is 7.25. The topological polar surface area (TPSA) is 7.12 Å². The van der Waals surface area contributed by atoms with Crippen LogP contribution in [0.3, 0.4) is 0 Å². The largest absolute Gasteiger partial charge is 1.00 e. The number of halogens is 1. The predicted octanol–water partition coefficient (Wildman–Crippen LogP) is 4.00. The Labute approximate surface area is 218 Å². The quantitative estimate of drug-likeness (QED) is 0.274. The van der Waals surface area contributed by atoms with Gasteiger partial charge >= 0.3 is 0 Å². The molecule has 1 aliphatic rings. The molecule has 2 nitrogen and oxygen atoms in total. The lowest BCUT2D eigenvalue weighted by Crippen LogP contribution is -3.00. The smallest absolute Gasteiger partial charge is 0.211 e. The molecule has 0 saturated heterocycles. The first-order valence-electron chi connectivity index (χ1n) is 11.0. The molecule has 3 aromatic carbocycles. The molecule has 0 bridgehead atoms. The van der Waals surface area contributed by atoms with Gasteiger partial charge in [0.2, 0.25) is 5.69 Å². The predicted molar refractivity (Wildman–Crippen MR) is 135 cm³/mol. The zero-order valence-corrected chi connectivity index (χ0v) is 22.1. The zero-order valence-electron chi connectivity index (χ0n) is 19.1. The second-order valence-electron chi connectivity index (χ2n) is 8.37. The molecule has 0 atom stereocenters. The number of thioether (sulfide) groups is 1. The molecule has 2 heterocycles. The first-order chi connectivity index (χ1) is 15.6. The molecule has 5 rings (SSSR count). The van der Waals surface area contributed by atoms with E-state index in [1.165, 1.54) is 49.4 Å². The third-order valence-electron chi connectivity index (χ3n) is 5.86. The van der Waals surface area contributed by atoms with E-state index in [1.54, 1.807) is 0 Å². The standard InChI is InChI=1S/C29H27N2S.HI/c1-21-13-15-26(16-14-21)31-22(2)17-25(18-23(31)3)19-29-30(20-24-9-5-4-6-10-24)27-11-7-8-12-28(27)32-29;/h4-19H,20H2,1-3H3;1H/q+1;/p-1. The van der Waals surface area contributed by atoms with Crippen LogP contribution in [0, 0.1) is 20.8 Å². The molecule has 1 aromatic heterocycles. The number of fused-ring (bicyclic) bond motifs is 1. The molecule has 0 amide bonds. The van der Waals surface area contributed by atoms with Crippen molar-refractivity contribution in [1.29, 1.82) is 0 Å². The number of anilines is 1. The van der Waals surface area contributed by atoms with Crippen LogP contribution in [-0.4, -0.2) is 0 Å². The third kappa shape index (κ3) is 5.02. The van der Waals surface area contributed by atoms with Crippen molar-refractivity contribution >= 4 is 23.5 Å². The average Bonchev–Trinajstić information content (AvgIpc) is 3.12. The SMILES string of the molecule is Cc1ccc(-[n+]2c(C)cc(/C=C3\Sc4ccccc4N3Cc3ccccc3)cc2C)cc1.[I-]. The zero-order chi connectivity index (χ0) is 22.1. The molecule has 4 aromatic rings. The molecule has 0 radical (unpaired) electrons. The highest BCUT2D eigenvalue weighted by Gasteiger charge is 2.25. The number of benzene rings is 3. The molecule has 1 aliphatic heterocycles. The Balaban J connectivity index is 0.00000259. The van der Waals surface area contributed by atoms with E-state index in [4.69, 9.17) is 0 Å². The Morgan fingerprint density at radius 3 is 2.12 bits per heavy atom. The van der Waals surface area contributed by atoms with Gasteiger partial charge in [0, 0.05) is 49.6 Å². The number of hydrogen-bond acceptors (Lipinski definition) is 2. The van der Waals surface area contributed by atoms with Gasteiger partial charge in [-0.3, -0.25) is 0 Å². The van der Waals surface area contributed by atoms with E-state index in [-0.39, 0.29) is 24.0 Å². The Morgan fingerprint density at radius 2 is 1.42 bits per heavy atom. The van der Waals surface area contributed by atoms with E-state index in [1.807, 2.05) is 11.8 Å². The van der Waals surface area contributed by atoms with Crippen LogP contribution >= 0.6 is 11.8 Å². The number of hydrogen-bond donors (Lipinski definition) is 0. The highest BCUT2D eigenvalue weighted by molar-refractivity contribution is 8.03. The van der Waals surface area contributed by atoms with Gasteiger partial charge in [-0.15, -0.1) is 0 Å². The first-order valence-corrected chi connectivity index (χ1v) is 11.8.